The number of carbonyl (C=O) groups excluding carboxylic acids is 1. The molecular formula is C27H22ClN5O3. The smallest absolute Gasteiger partial charge is 0.271 e. The molecule has 1 atom stereocenters. The fraction of sp³-hybridized carbons (Fsp3) is 0.222. The molecule has 0 saturated carbocycles. The molecule has 0 bridgehead atoms. The molecule has 180 valence electrons. The molecule has 0 aliphatic carbocycles. The van der Waals surface area contributed by atoms with Crippen molar-refractivity contribution in [2.24, 2.45) is 4.99 Å². The van der Waals surface area contributed by atoms with E-state index in [9.17, 15) is 14.9 Å². The van der Waals surface area contributed by atoms with Crippen LogP contribution in [0.3, 0.4) is 0 Å². The van der Waals surface area contributed by atoms with Crippen LogP contribution in [0.4, 0.5) is 0 Å². The van der Waals surface area contributed by atoms with Crippen molar-refractivity contribution in [3.63, 3.8) is 0 Å². The summed E-state index contributed by atoms with van der Waals surface area (Å²) in [5, 5.41) is 10.8. The second kappa shape index (κ2) is 9.90. The van der Waals surface area contributed by atoms with Crippen molar-refractivity contribution < 1.29 is 9.53 Å². The summed E-state index contributed by atoms with van der Waals surface area (Å²) in [5.41, 5.74) is 2.43. The van der Waals surface area contributed by atoms with Crippen LogP contribution in [-0.4, -0.2) is 32.6 Å². The predicted molar refractivity (Wildman–Crippen MR) is 136 cm³/mol. The van der Waals surface area contributed by atoms with E-state index >= 15 is 0 Å². The van der Waals surface area contributed by atoms with Gasteiger partial charge in [0.15, 0.2) is 5.49 Å². The van der Waals surface area contributed by atoms with Gasteiger partial charge in [0, 0.05) is 23.9 Å². The SMILES string of the molecule is Cc1cccn2c(=O)c3cc(C#N)c(=NC(=O)/C=C\c4ccc(Cl)cc4)n(CC4CCCO4)c3nc12. The average molecular weight is 500 g/mol. The molecule has 0 N–H and O–H groups in total. The Kier molecular flexibility index (Phi) is 6.51. The molecule has 5 rings (SSSR count). The number of nitrogens with zero attached hydrogens (tertiary/aromatic N) is 5. The average Bonchev–Trinajstić information content (AvgIpc) is 3.39. The Morgan fingerprint density at radius 3 is 2.83 bits per heavy atom. The molecule has 4 aromatic rings. The van der Waals surface area contributed by atoms with Gasteiger partial charge >= 0.3 is 0 Å². The maximum atomic E-state index is 13.4. The number of hydrogen-bond donors (Lipinski definition) is 0. The van der Waals surface area contributed by atoms with Crippen LogP contribution < -0.4 is 11.0 Å². The highest BCUT2D eigenvalue weighted by atomic mass is 35.5. The maximum Gasteiger partial charge on any atom is 0.271 e. The zero-order valence-corrected chi connectivity index (χ0v) is 20.3. The van der Waals surface area contributed by atoms with Crippen LogP contribution in [0.15, 0.2) is 64.5 Å². The number of ether oxygens (including phenoxy) is 1. The highest BCUT2D eigenvalue weighted by Crippen LogP contribution is 2.18. The molecule has 1 fully saturated rings. The molecule has 1 saturated heterocycles. The Labute approximate surface area is 211 Å². The zero-order chi connectivity index (χ0) is 25.2. The van der Waals surface area contributed by atoms with Gasteiger partial charge in [-0.3, -0.25) is 14.0 Å². The van der Waals surface area contributed by atoms with Crippen LogP contribution in [-0.2, 0) is 16.1 Å². The highest BCUT2D eigenvalue weighted by Gasteiger charge is 2.21. The van der Waals surface area contributed by atoms with Gasteiger partial charge in [0.25, 0.3) is 11.5 Å². The van der Waals surface area contributed by atoms with E-state index in [0.717, 1.165) is 24.0 Å². The number of amides is 1. The fourth-order valence-corrected chi connectivity index (χ4v) is 4.46. The minimum Gasteiger partial charge on any atom is -0.376 e. The third kappa shape index (κ3) is 4.59. The number of carbonyl (C=O) groups is 1. The van der Waals surface area contributed by atoms with E-state index < -0.39 is 5.91 Å². The van der Waals surface area contributed by atoms with E-state index in [0.29, 0.717) is 29.5 Å². The Morgan fingerprint density at radius 2 is 2.11 bits per heavy atom. The minimum absolute atomic E-state index is 0.111. The van der Waals surface area contributed by atoms with Crippen LogP contribution in [0.25, 0.3) is 22.8 Å². The lowest BCUT2D eigenvalue weighted by molar-refractivity contribution is -0.113. The summed E-state index contributed by atoms with van der Waals surface area (Å²) in [6, 6.07) is 14.2. The van der Waals surface area contributed by atoms with Gasteiger partial charge in [0.1, 0.15) is 17.4 Å². The topological polar surface area (TPSA) is 102 Å². The van der Waals surface area contributed by atoms with Gasteiger partial charge in [0.2, 0.25) is 0 Å². The molecule has 1 amide bonds. The summed E-state index contributed by atoms with van der Waals surface area (Å²) in [7, 11) is 0. The van der Waals surface area contributed by atoms with E-state index in [4.69, 9.17) is 21.3 Å². The van der Waals surface area contributed by atoms with Crippen molar-refractivity contribution in [2.75, 3.05) is 6.61 Å². The van der Waals surface area contributed by atoms with Gasteiger partial charge in [-0.2, -0.15) is 10.3 Å². The van der Waals surface area contributed by atoms with Gasteiger partial charge in [-0.1, -0.05) is 29.8 Å². The van der Waals surface area contributed by atoms with E-state index in [2.05, 4.69) is 11.1 Å². The second-order valence-electron chi connectivity index (χ2n) is 8.61. The minimum atomic E-state index is -0.546. The number of hydrogen-bond acceptors (Lipinski definition) is 5. The summed E-state index contributed by atoms with van der Waals surface area (Å²) >= 11 is 5.92. The monoisotopic (exact) mass is 499 g/mol. The third-order valence-electron chi connectivity index (χ3n) is 6.14. The zero-order valence-electron chi connectivity index (χ0n) is 19.5. The molecule has 1 aromatic carbocycles. The maximum absolute atomic E-state index is 13.4. The lowest BCUT2D eigenvalue weighted by Gasteiger charge is -2.17. The summed E-state index contributed by atoms with van der Waals surface area (Å²) < 4.78 is 8.97. The normalized spacial score (nSPS) is 16.2. The molecule has 1 aliphatic heterocycles. The van der Waals surface area contributed by atoms with Crippen LogP contribution >= 0.6 is 11.6 Å². The molecule has 8 nitrogen and oxygen atoms in total. The highest BCUT2D eigenvalue weighted by molar-refractivity contribution is 6.30. The van der Waals surface area contributed by atoms with Crippen LogP contribution in [0.2, 0.25) is 5.02 Å². The second-order valence-corrected chi connectivity index (χ2v) is 9.05. The number of fused-ring (bicyclic) bond motifs is 2. The first-order valence-electron chi connectivity index (χ1n) is 11.5. The van der Waals surface area contributed by atoms with Crippen molar-refractivity contribution in [3.8, 4) is 6.07 Å². The van der Waals surface area contributed by atoms with Crippen molar-refractivity contribution >= 4 is 40.3 Å². The first kappa shape index (κ1) is 23.7. The number of aryl methyl sites for hydroxylation is 1. The van der Waals surface area contributed by atoms with Crippen LogP contribution in [0.1, 0.15) is 29.5 Å². The van der Waals surface area contributed by atoms with Gasteiger partial charge in [-0.25, -0.2) is 4.98 Å². The van der Waals surface area contributed by atoms with Gasteiger partial charge in [0.05, 0.1) is 23.6 Å². The summed E-state index contributed by atoms with van der Waals surface area (Å²) in [6.07, 6.45) is 6.20. The van der Waals surface area contributed by atoms with Gasteiger partial charge in [-0.15, -0.1) is 0 Å². The van der Waals surface area contributed by atoms with Crippen molar-refractivity contribution in [2.45, 2.75) is 32.4 Å². The molecule has 3 aromatic heterocycles. The third-order valence-corrected chi connectivity index (χ3v) is 6.39. The number of pyridine rings is 2. The largest absolute Gasteiger partial charge is 0.376 e. The first-order valence-corrected chi connectivity index (χ1v) is 11.9. The number of aromatic nitrogens is 3. The summed E-state index contributed by atoms with van der Waals surface area (Å²) in [6.45, 7) is 2.82. The van der Waals surface area contributed by atoms with Gasteiger partial charge in [-0.05, 0) is 61.2 Å². The summed E-state index contributed by atoms with van der Waals surface area (Å²) in [4.78, 5) is 35.3. The van der Waals surface area contributed by atoms with Crippen molar-refractivity contribution in [1.82, 2.24) is 14.0 Å². The fourth-order valence-electron chi connectivity index (χ4n) is 4.34. The number of benzene rings is 1. The molecular weight excluding hydrogens is 478 g/mol. The Bertz CT molecular complexity index is 1690. The Morgan fingerprint density at radius 1 is 1.31 bits per heavy atom. The molecule has 1 unspecified atom stereocenters. The number of nitriles is 1. The quantitative estimate of drug-likeness (QED) is 0.314. The van der Waals surface area contributed by atoms with E-state index in [1.807, 2.05) is 13.0 Å². The van der Waals surface area contributed by atoms with E-state index in [1.165, 1.54) is 16.5 Å². The molecule has 36 heavy (non-hydrogen) atoms. The summed E-state index contributed by atoms with van der Waals surface area (Å²) in [5.74, 6) is -0.546. The number of rotatable bonds is 4. The Hall–Kier alpha value is -4.06. The van der Waals surface area contributed by atoms with Crippen molar-refractivity contribution in [3.05, 3.63) is 92.3 Å². The van der Waals surface area contributed by atoms with E-state index in [-0.39, 0.29) is 28.1 Å². The first-order chi connectivity index (χ1) is 17.4. The van der Waals surface area contributed by atoms with Crippen LogP contribution in [0.5, 0.6) is 0 Å². The Balaban J connectivity index is 1.73. The number of halogens is 1. The lowest BCUT2D eigenvalue weighted by Crippen LogP contribution is -2.32. The lowest BCUT2D eigenvalue weighted by atomic mass is 10.2. The molecule has 9 heteroatoms. The molecule has 4 heterocycles. The van der Waals surface area contributed by atoms with Gasteiger partial charge < -0.3 is 9.30 Å². The molecule has 0 radical (unpaired) electrons. The van der Waals surface area contributed by atoms with Crippen molar-refractivity contribution in [1.29, 1.82) is 5.26 Å². The predicted octanol–water partition coefficient (Wildman–Crippen LogP) is 3.80. The van der Waals surface area contributed by atoms with E-state index in [1.54, 1.807) is 47.2 Å². The van der Waals surface area contributed by atoms with Crippen LogP contribution in [0, 0.1) is 18.3 Å². The standard InChI is InChI=1S/C27H22ClN5O3/c1-17-4-2-12-32-24(17)31-26-22(27(32)35)14-19(15-29)25(33(26)16-21-5-3-13-36-21)30-23(34)11-8-18-6-9-20(28)10-7-18/h2,4,6-12,14,21H,3,5,13,16H2,1H3/b11-8-,30-25?. The molecule has 0 spiro atoms. The molecule has 1 aliphatic rings.